The number of ether oxygens (including phenoxy) is 2. The van der Waals surface area contributed by atoms with Crippen molar-refractivity contribution < 1.29 is 19.1 Å². The van der Waals surface area contributed by atoms with E-state index >= 15 is 0 Å². The fourth-order valence-corrected chi connectivity index (χ4v) is 7.06. The molecule has 1 unspecified atom stereocenters. The smallest absolute Gasteiger partial charge is 0.410 e. The van der Waals surface area contributed by atoms with Crippen LogP contribution in [0.5, 0.6) is 0 Å². The molecule has 0 bridgehead atoms. The van der Waals surface area contributed by atoms with E-state index in [0.29, 0.717) is 30.0 Å². The van der Waals surface area contributed by atoms with Crippen LogP contribution in [-0.4, -0.2) is 55.6 Å². The first kappa shape index (κ1) is 35.5. The number of aromatic nitrogens is 3. The number of amides is 2. The zero-order chi connectivity index (χ0) is 37.3. The number of H-pyrrole nitrogens is 2. The Labute approximate surface area is 308 Å². The molecule has 2 atom stereocenters. The predicted octanol–water partition coefficient (Wildman–Crippen LogP) is 9.53. The van der Waals surface area contributed by atoms with Gasteiger partial charge in [0.05, 0.1) is 29.5 Å². The fourth-order valence-electron chi connectivity index (χ4n) is 7.06. The summed E-state index contributed by atoms with van der Waals surface area (Å²) < 4.78 is 11.3. The zero-order valence-electron chi connectivity index (χ0n) is 30.8. The molecule has 7 rings (SSSR count). The lowest BCUT2D eigenvalue weighted by molar-refractivity contribution is 0.0179. The number of hydrogen-bond acceptors (Lipinski definition) is 6. The van der Waals surface area contributed by atoms with Crippen LogP contribution in [0.15, 0.2) is 102 Å². The van der Waals surface area contributed by atoms with E-state index in [-0.39, 0.29) is 36.3 Å². The molecule has 0 radical (unpaired) electrons. The zero-order valence-corrected chi connectivity index (χ0v) is 30.8. The van der Waals surface area contributed by atoms with E-state index in [2.05, 4.69) is 51.4 Å². The van der Waals surface area contributed by atoms with Crippen molar-refractivity contribution in [1.29, 1.82) is 0 Å². The van der Waals surface area contributed by atoms with Crippen LogP contribution in [0, 0.1) is 0 Å². The first-order valence-electron chi connectivity index (χ1n) is 18.2. The van der Waals surface area contributed by atoms with Gasteiger partial charge >= 0.3 is 12.2 Å². The van der Waals surface area contributed by atoms with Crippen LogP contribution in [0.2, 0.25) is 0 Å². The molecule has 2 amide bonds. The standard InChI is InChI=1S/C43H45N5O5/c1-6-47(42(51)53-43(3,4)5)27(2)40-44-25-37(46-40)33-17-16-29-21-30(14-15-31(29)22-33)32-18-19-34-35(23-32)45-36(24-39(34)49)38-13-10-20-48(38)41(50)52-26-28-11-8-7-9-12-28/h7-9,11-12,14-19,21-25,27,38H,6,10,13,20,26H2,1-5H3,(H,44,46)(H,45,49)/t27-,38?/m0/s1. The lowest BCUT2D eigenvalue weighted by atomic mass is 9.98. The van der Waals surface area contributed by atoms with Crippen LogP contribution in [-0.2, 0) is 16.1 Å². The number of nitrogens with zero attached hydrogens (tertiary/aromatic N) is 3. The van der Waals surface area contributed by atoms with E-state index in [1.165, 1.54) is 0 Å². The summed E-state index contributed by atoms with van der Waals surface area (Å²) in [5.74, 6) is 0.685. The van der Waals surface area contributed by atoms with Gasteiger partial charge in [0.15, 0.2) is 5.43 Å². The highest BCUT2D eigenvalue weighted by molar-refractivity contribution is 5.92. The summed E-state index contributed by atoms with van der Waals surface area (Å²) in [6.07, 6.45) is 2.62. The van der Waals surface area contributed by atoms with Gasteiger partial charge in [-0.3, -0.25) is 14.6 Å². The summed E-state index contributed by atoms with van der Waals surface area (Å²) in [5, 5.41) is 2.73. The van der Waals surface area contributed by atoms with Crippen molar-refractivity contribution in [3.8, 4) is 22.4 Å². The molecule has 0 spiro atoms. The number of carbonyl (C=O) groups excluding carboxylic acids is 2. The molecule has 0 aliphatic carbocycles. The van der Waals surface area contributed by atoms with Crippen molar-refractivity contribution in [3.63, 3.8) is 0 Å². The number of carbonyl (C=O) groups is 2. The van der Waals surface area contributed by atoms with Gasteiger partial charge in [-0.1, -0.05) is 60.7 Å². The topological polar surface area (TPSA) is 121 Å². The average Bonchev–Trinajstić information content (AvgIpc) is 3.85. The monoisotopic (exact) mass is 711 g/mol. The lowest BCUT2D eigenvalue weighted by Crippen LogP contribution is -2.38. The van der Waals surface area contributed by atoms with Gasteiger partial charge in [-0.05, 0) is 99.2 Å². The minimum atomic E-state index is -0.584. The van der Waals surface area contributed by atoms with Gasteiger partial charge in [-0.15, -0.1) is 0 Å². The molecule has 10 heteroatoms. The fraction of sp³-hybridized carbons (Fsp3) is 0.302. The molecule has 1 fully saturated rings. The number of rotatable bonds is 8. The number of nitrogens with one attached hydrogen (secondary N) is 2. The second-order valence-electron chi connectivity index (χ2n) is 14.6. The Morgan fingerprint density at radius 1 is 0.925 bits per heavy atom. The van der Waals surface area contributed by atoms with Gasteiger partial charge in [0.1, 0.15) is 18.0 Å². The third-order valence-electron chi connectivity index (χ3n) is 9.81. The van der Waals surface area contributed by atoms with Crippen molar-refractivity contribution in [2.75, 3.05) is 13.1 Å². The van der Waals surface area contributed by atoms with Gasteiger partial charge in [0.2, 0.25) is 0 Å². The van der Waals surface area contributed by atoms with Crippen LogP contribution < -0.4 is 5.43 Å². The van der Waals surface area contributed by atoms with Crippen molar-refractivity contribution in [2.45, 2.75) is 71.8 Å². The molecule has 0 saturated carbocycles. The van der Waals surface area contributed by atoms with E-state index in [0.717, 1.165) is 57.1 Å². The molecule has 53 heavy (non-hydrogen) atoms. The van der Waals surface area contributed by atoms with Crippen LogP contribution in [0.3, 0.4) is 0 Å². The minimum Gasteiger partial charge on any atom is -0.445 e. The van der Waals surface area contributed by atoms with Crippen LogP contribution in [0.25, 0.3) is 44.1 Å². The number of hydrogen-bond donors (Lipinski definition) is 2. The van der Waals surface area contributed by atoms with E-state index in [9.17, 15) is 14.4 Å². The maximum atomic E-state index is 13.3. The van der Waals surface area contributed by atoms with Gasteiger partial charge < -0.3 is 19.4 Å². The quantitative estimate of drug-likeness (QED) is 0.162. The van der Waals surface area contributed by atoms with Gasteiger partial charge in [-0.2, -0.15) is 0 Å². The highest BCUT2D eigenvalue weighted by atomic mass is 16.6. The number of imidazole rings is 1. The highest BCUT2D eigenvalue weighted by Crippen LogP contribution is 2.34. The second kappa shape index (κ2) is 14.6. The molecule has 4 aromatic carbocycles. The van der Waals surface area contributed by atoms with Gasteiger partial charge in [-0.25, -0.2) is 14.6 Å². The summed E-state index contributed by atoms with van der Waals surface area (Å²) in [4.78, 5) is 54.1. The Hall–Kier alpha value is -5.90. The first-order valence-corrected chi connectivity index (χ1v) is 18.2. The first-order chi connectivity index (χ1) is 25.5. The number of benzene rings is 4. The maximum absolute atomic E-state index is 13.3. The van der Waals surface area contributed by atoms with Crippen LogP contribution >= 0.6 is 0 Å². The molecule has 6 aromatic rings. The summed E-state index contributed by atoms with van der Waals surface area (Å²) >= 11 is 0. The number of pyridine rings is 1. The summed E-state index contributed by atoms with van der Waals surface area (Å²) in [6, 6.07) is 29.1. The van der Waals surface area contributed by atoms with E-state index in [4.69, 9.17) is 9.47 Å². The molecule has 2 N–H and O–H groups in total. The van der Waals surface area contributed by atoms with Crippen LogP contribution in [0.1, 0.15) is 76.6 Å². The largest absolute Gasteiger partial charge is 0.445 e. The predicted molar refractivity (Wildman–Crippen MR) is 207 cm³/mol. The van der Waals surface area contributed by atoms with E-state index in [1.807, 2.05) is 83.1 Å². The molecule has 272 valence electrons. The Bertz CT molecular complexity index is 2340. The summed E-state index contributed by atoms with van der Waals surface area (Å²) in [7, 11) is 0. The van der Waals surface area contributed by atoms with Crippen LogP contribution in [0.4, 0.5) is 9.59 Å². The minimum absolute atomic E-state index is 0.0838. The molecule has 1 saturated heterocycles. The van der Waals surface area contributed by atoms with Crippen molar-refractivity contribution in [2.24, 2.45) is 0 Å². The van der Waals surface area contributed by atoms with Gasteiger partial charge in [0.25, 0.3) is 0 Å². The summed E-state index contributed by atoms with van der Waals surface area (Å²) in [5.41, 5.74) is 5.53. The molecular formula is C43H45N5O5. The Balaban J connectivity index is 1.10. The Kier molecular flexibility index (Phi) is 9.79. The van der Waals surface area contributed by atoms with E-state index < -0.39 is 5.60 Å². The third-order valence-corrected chi connectivity index (χ3v) is 9.81. The normalized spacial score (nSPS) is 15.1. The average molecular weight is 712 g/mol. The molecule has 1 aliphatic rings. The molecule has 10 nitrogen and oxygen atoms in total. The lowest BCUT2D eigenvalue weighted by Gasteiger charge is -2.30. The summed E-state index contributed by atoms with van der Waals surface area (Å²) in [6.45, 7) is 10.7. The van der Waals surface area contributed by atoms with Crippen molar-refractivity contribution in [1.82, 2.24) is 24.8 Å². The number of fused-ring (bicyclic) bond motifs is 2. The number of likely N-dealkylation sites (tertiary alicyclic amines) is 1. The molecule has 1 aliphatic heterocycles. The van der Waals surface area contributed by atoms with Crippen molar-refractivity contribution in [3.05, 3.63) is 124 Å². The SMILES string of the molecule is CCN(C(=O)OC(C)(C)C)[C@@H](C)c1ncc(-c2ccc3cc(-c4ccc5c(=O)cc(C6CCCN6C(=O)OCc6ccccc6)[nH]c5c4)ccc3c2)[nH]1. The molecule has 2 aromatic heterocycles. The molecular weight excluding hydrogens is 667 g/mol. The number of aromatic amines is 2. The van der Waals surface area contributed by atoms with Crippen molar-refractivity contribution >= 4 is 33.9 Å². The Morgan fingerprint density at radius 3 is 2.36 bits per heavy atom. The Morgan fingerprint density at radius 2 is 1.62 bits per heavy atom. The van der Waals surface area contributed by atoms with Gasteiger partial charge in [0, 0.05) is 35.8 Å². The maximum Gasteiger partial charge on any atom is 0.410 e. The molecule has 3 heterocycles. The second-order valence-corrected chi connectivity index (χ2v) is 14.6. The highest BCUT2D eigenvalue weighted by Gasteiger charge is 2.32. The van der Waals surface area contributed by atoms with E-state index in [1.54, 1.807) is 22.1 Å². The third kappa shape index (κ3) is 7.67.